The Balaban J connectivity index is 1.82. The molecule has 0 aromatic rings. The molecule has 2 aliphatic heterocycles. The van der Waals surface area contributed by atoms with Crippen molar-refractivity contribution in [3.8, 4) is 0 Å². The number of carbonyl (C=O) groups excluding carboxylic acids is 1. The molecule has 1 saturated carbocycles. The van der Waals surface area contributed by atoms with E-state index in [1.54, 1.807) is 0 Å². The Morgan fingerprint density at radius 2 is 1.59 bits per heavy atom. The summed E-state index contributed by atoms with van der Waals surface area (Å²) in [4.78, 5) is 11.3. The minimum atomic E-state index is -0.444. The zero-order chi connectivity index (χ0) is 12.0. The molecule has 0 unspecified atom stereocenters. The molecule has 0 amide bonds. The molecule has 0 aromatic heterocycles. The summed E-state index contributed by atoms with van der Waals surface area (Å²) >= 11 is 0. The summed E-state index contributed by atoms with van der Waals surface area (Å²) in [5.41, 5.74) is -0.444. The second-order valence-electron chi connectivity index (χ2n) is 5.09. The van der Waals surface area contributed by atoms with Crippen molar-refractivity contribution < 1.29 is 23.7 Å². The van der Waals surface area contributed by atoms with Crippen LogP contribution >= 0.6 is 0 Å². The average Bonchev–Trinajstić information content (AvgIpc) is 2.64. The molecule has 1 atom stereocenters. The third-order valence-corrected chi connectivity index (χ3v) is 4.12. The van der Waals surface area contributed by atoms with E-state index >= 15 is 0 Å². The van der Waals surface area contributed by atoms with Crippen molar-refractivity contribution in [2.24, 2.45) is 11.3 Å². The van der Waals surface area contributed by atoms with E-state index in [1.165, 1.54) is 0 Å². The van der Waals surface area contributed by atoms with Crippen LogP contribution in [0.3, 0.4) is 0 Å². The summed E-state index contributed by atoms with van der Waals surface area (Å²) in [6, 6.07) is 0. The van der Waals surface area contributed by atoms with E-state index in [1.807, 2.05) is 13.8 Å². The normalized spacial score (nSPS) is 53.9. The number of carbonyl (C=O) groups is 1. The van der Waals surface area contributed by atoms with Gasteiger partial charge in [-0.15, -0.1) is 0 Å². The fraction of sp³-hybridized carbons (Fsp3) is 0.917. The Morgan fingerprint density at radius 3 is 2.00 bits per heavy atom. The van der Waals surface area contributed by atoms with Crippen molar-refractivity contribution in [2.45, 2.75) is 58.3 Å². The van der Waals surface area contributed by atoms with Gasteiger partial charge in [-0.05, 0) is 26.7 Å². The molecule has 3 rings (SSSR count). The van der Waals surface area contributed by atoms with Gasteiger partial charge in [0.2, 0.25) is 0 Å². The SMILES string of the molecule is CC1OC(C2(C3OC(C)O3)CCC[C@H]2C=O)O1. The summed E-state index contributed by atoms with van der Waals surface area (Å²) in [5.74, 6) is -0.0995. The zero-order valence-corrected chi connectivity index (χ0v) is 10.1. The van der Waals surface area contributed by atoms with Crippen LogP contribution in [0.4, 0.5) is 0 Å². The summed E-state index contributed by atoms with van der Waals surface area (Å²) in [5, 5.41) is 0. The first-order chi connectivity index (χ1) is 8.16. The lowest BCUT2D eigenvalue weighted by molar-refractivity contribution is -0.483. The monoisotopic (exact) mass is 242 g/mol. The van der Waals surface area contributed by atoms with Gasteiger partial charge in [0.05, 0.1) is 5.41 Å². The lowest BCUT2D eigenvalue weighted by Gasteiger charge is -2.54. The van der Waals surface area contributed by atoms with E-state index in [0.717, 1.165) is 25.5 Å². The Hall–Kier alpha value is -0.490. The lowest BCUT2D eigenvalue weighted by atomic mass is 9.75. The van der Waals surface area contributed by atoms with Crippen LogP contribution in [0, 0.1) is 11.3 Å². The maximum Gasteiger partial charge on any atom is 0.174 e. The fourth-order valence-corrected chi connectivity index (χ4v) is 3.20. The highest BCUT2D eigenvalue weighted by atomic mass is 16.9. The van der Waals surface area contributed by atoms with Crippen LogP contribution in [0.15, 0.2) is 0 Å². The lowest BCUT2D eigenvalue weighted by Crippen LogP contribution is -2.63. The van der Waals surface area contributed by atoms with Crippen LogP contribution in [0.2, 0.25) is 0 Å². The molecular formula is C12H18O5. The molecule has 17 heavy (non-hydrogen) atoms. The van der Waals surface area contributed by atoms with Crippen LogP contribution < -0.4 is 0 Å². The molecule has 5 nitrogen and oxygen atoms in total. The minimum absolute atomic E-state index is 0.0995. The third kappa shape index (κ3) is 1.57. The Morgan fingerprint density at radius 1 is 1.06 bits per heavy atom. The predicted octanol–water partition coefficient (Wildman–Crippen LogP) is 1.41. The second kappa shape index (κ2) is 4.02. The molecule has 1 aliphatic carbocycles. The van der Waals surface area contributed by atoms with E-state index in [2.05, 4.69) is 0 Å². The third-order valence-electron chi connectivity index (χ3n) is 4.12. The van der Waals surface area contributed by atoms with E-state index in [9.17, 15) is 4.79 Å². The van der Waals surface area contributed by atoms with Gasteiger partial charge < -0.3 is 23.7 Å². The topological polar surface area (TPSA) is 54.0 Å². The quantitative estimate of drug-likeness (QED) is 0.700. The van der Waals surface area contributed by atoms with Crippen molar-refractivity contribution in [2.75, 3.05) is 0 Å². The highest BCUT2D eigenvalue weighted by Crippen LogP contribution is 2.55. The first kappa shape index (κ1) is 11.6. The first-order valence-corrected chi connectivity index (χ1v) is 6.24. The zero-order valence-electron chi connectivity index (χ0n) is 10.1. The van der Waals surface area contributed by atoms with Gasteiger partial charge in [-0.3, -0.25) is 0 Å². The molecule has 0 N–H and O–H groups in total. The van der Waals surface area contributed by atoms with Crippen LogP contribution in [-0.2, 0) is 23.7 Å². The summed E-state index contributed by atoms with van der Waals surface area (Å²) in [7, 11) is 0. The van der Waals surface area contributed by atoms with Crippen molar-refractivity contribution in [1.29, 1.82) is 0 Å². The fourth-order valence-electron chi connectivity index (χ4n) is 3.20. The van der Waals surface area contributed by atoms with Crippen LogP contribution in [0.25, 0.3) is 0 Å². The molecule has 0 aromatic carbocycles. The molecule has 0 spiro atoms. The van der Waals surface area contributed by atoms with Gasteiger partial charge in [0.15, 0.2) is 25.2 Å². The van der Waals surface area contributed by atoms with Crippen molar-refractivity contribution in [1.82, 2.24) is 0 Å². The Bertz CT molecular complexity index is 288. The summed E-state index contributed by atoms with van der Waals surface area (Å²) in [6.07, 6.45) is 2.57. The highest BCUT2D eigenvalue weighted by molar-refractivity contribution is 5.56. The molecule has 3 aliphatic rings. The van der Waals surface area contributed by atoms with Crippen molar-refractivity contribution >= 4 is 6.29 Å². The molecular weight excluding hydrogens is 224 g/mol. The highest BCUT2D eigenvalue weighted by Gasteiger charge is 2.62. The van der Waals surface area contributed by atoms with Gasteiger partial charge in [-0.2, -0.15) is 0 Å². The van der Waals surface area contributed by atoms with Gasteiger partial charge in [0, 0.05) is 5.92 Å². The van der Waals surface area contributed by atoms with Crippen LogP contribution in [0.1, 0.15) is 33.1 Å². The maximum atomic E-state index is 11.3. The van der Waals surface area contributed by atoms with Gasteiger partial charge in [0.1, 0.15) is 6.29 Å². The Kier molecular flexibility index (Phi) is 2.74. The average molecular weight is 242 g/mol. The van der Waals surface area contributed by atoms with Crippen molar-refractivity contribution in [3.05, 3.63) is 0 Å². The first-order valence-electron chi connectivity index (χ1n) is 6.24. The molecule has 0 radical (unpaired) electrons. The van der Waals surface area contributed by atoms with Crippen LogP contribution in [-0.4, -0.2) is 31.4 Å². The van der Waals surface area contributed by atoms with Gasteiger partial charge in [-0.1, -0.05) is 6.42 Å². The van der Waals surface area contributed by atoms with Crippen molar-refractivity contribution in [3.63, 3.8) is 0 Å². The standard InChI is InChI=1S/C12H18O5/c1-7-14-10(15-7)12(11-16-8(2)17-11)5-3-4-9(12)6-13/h6-11H,3-5H2,1-2H3/t7?,8?,9-,10?,11?,12?/m0/s1. The largest absolute Gasteiger partial charge is 0.323 e. The molecule has 2 heterocycles. The van der Waals surface area contributed by atoms with E-state index in [0.29, 0.717) is 0 Å². The molecule has 2 saturated heterocycles. The number of rotatable bonds is 3. The van der Waals surface area contributed by atoms with Gasteiger partial charge in [0.25, 0.3) is 0 Å². The molecule has 0 bridgehead atoms. The molecule has 3 fully saturated rings. The van der Waals surface area contributed by atoms with Gasteiger partial charge >= 0.3 is 0 Å². The smallest absolute Gasteiger partial charge is 0.174 e. The second-order valence-corrected chi connectivity index (χ2v) is 5.09. The molecule has 96 valence electrons. The number of hydrogen-bond donors (Lipinski definition) is 0. The van der Waals surface area contributed by atoms with E-state index < -0.39 is 5.41 Å². The number of aldehydes is 1. The van der Waals surface area contributed by atoms with E-state index in [-0.39, 0.29) is 31.1 Å². The van der Waals surface area contributed by atoms with Crippen LogP contribution in [0.5, 0.6) is 0 Å². The predicted molar refractivity (Wildman–Crippen MR) is 56.7 cm³/mol. The van der Waals surface area contributed by atoms with Gasteiger partial charge in [-0.25, -0.2) is 0 Å². The maximum absolute atomic E-state index is 11.3. The number of hydrogen-bond acceptors (Lipinski definition) is 5. The van der Waals surface area contributed by atoms with E-state index in [4.69, 9.17) is 18.9 Å². The minimum Gasteiger partial charge on any atom is -0.323 e. The summed E-state index contributed by atoms with van der Waals surface area (Å²) in [6.45, 7) is 3.69. The number of ether oxygens (including phenoxy) is 4. The summed E-state index contributed by atoms with van der Waals surface area (Å²) < 4.78 is 22.4. The Labute approximate surface area is 100 Å². The molecule has 5 heteroatoms.